The quantitative estimate of drug-likeness (QED) is 0.485. The Morgan fingerprint density at radius 2 is 1.85 bits per heavy atom. The maximum atomic E-state index is 9.61. The topological polar surface area (TPSA) is 78.7 Å². The molecule has 1 aliphatic heterocycles. The van der Waals surface area contributed by atoms with Crippen LogP contribution in [-0.4, -0.2) is 39.0 Å². The molecule has 0 bridgehead atoms. The molecule has 0 spiro atoms. The van der Waals surface area contributed by atoms with Gasteiger partial charge in [0.1, 0.15) is 5.75 Å². The number of nitrogens with zero attached hydrogens (tertiary/aromatic N) is 1. The summed E-state index contributed by atoms with van der Waals surface area (Å²) in [5.41, 5.74) is 3.04. The monoisotopic (exact) mass is 359 g/mol. The molecule has 0 radical (unpaired) electrons. The molecule has 7 nitrogen and oxygen atoms in total. The fraction of sp³-hybridized carbons (Fsp3) is 0.316. The normalized spacial score (nSPS) is 13.6. The van der Waals surface area contributed by atoms with E-state index in [1.54, 1.807) is 26.4 Å². The Bertz CT molecular complexity index is 793. The van der Waals surface area contributed by atoms with Crippen molar-refractivity contribution in [2.75, 3.05) is 28.1 Å². The number of hydrogen-bond acceptors (Lipinski definition) is 7. The summed E-state index contributed by atoms with van der Waals surface area (Å²) in [4.78, 5) is 0. The van der Waals surface area contributed by atoms with Crippen molar-refractivity contribution in [3.63, 3.8) is 0 Å². The number of rotatable bonds is 6. The molecule has 0 saturated heterocycles. The van der Waals surface area contributed by atoms with E-state index in [4.69, 9.17) is 23.7 Å². The zero-order chi connectivity index (χ0) is 18.5. The Morgan fingerprint density at radius 3 is 2.46 bits per heavy atom. The fourth-order valence-corrected chi connectivity index (χ4v) is 2.95. The first-order valence-electron chi connectivity index (χ1n) is 8.04. The molecule has 7 heteroatoms. The second-order valence-corrected chi connectivity index (χ2v) is 5.64. The van der Waals surface area contributed by atoms with Crippen LogP contribution in [0.4, 0.5) is 0 Å². The van der Waals surface area contributed by atoms with E-state index in [0.29, 0.717) is 41.6 Å². The predicted molar refractivity (Wildman–Crippen MR) is 94.9 cm³/mol. The Hall–Kier alpha value is -2.93. The number of methoxy groups -OCH3 is 3. The molecule has 1 heterocycles. The third kappa shape index (κ3) is 3.39. The largest absolute Gasteiger partial charge is 0.493 e. The molecule has 0 aliphatic carbocycles. The average molecular weight is 359 g/mol. The third-order valence-electron chi connectivity index (χ3n) is 4.25. The number of fused-ring (bicyclic) bond motifs is 1. The summed E-state index contributed by atoms with van der Waals surface area (Å²) in [6.45, 7) is 0.698. The first-order chi connectivity index (χ1) is 12.7. The Labute approximate surface area is 151 Å². The summed E-state index contributed by atoms with van der Waals surface area (Å²) in [6.07, 6.45) is 0.394. The molecule has 26 heavy (non-hydrogen) atoms. The molecular weight excluding hydrogens is 338 g/mol. The molecule has 1 N–H and O–H groups in total. The van der Waals surface area contributed by atoms with Gasteiger partial charge in [0.05, 0.1) is 33.6 Å². The van der Waals surface area contributed by atoms with Crippen LogP contribution < -0.4 is 18.9 Å². The number of oxime groups is 1. The molecule has 3 rings (SSSR count). The molecule has 1 aliphatic rings. The highest BCUT2D eigenvalue weighted by atomic mass is 16.7. The summed E-state index contributed by atoms with van der Waals surface area (Å²) >= 11 is 0. The van der Waals surface area contributed by atoms with Crippen LogP contribution in [0.25, 0.3) is 0 Å². The van der Waals surface area contributed by atoms with Gasteiger partial charge in [-0.25, -0.2) is 0 Å². The standard InChI is InChI=1S/C19H21NO6/c1-22-17-8-13(9-18(23-2)19(17)24-3)15(20-21)7-12-5-4-6-16-14(12)10-25-11-26-16/h4-6,8-9,21H,7,10-11H2,1-3H3. The minimum Gasteiger partial charge on any atom is -0.493 e. The first-order valence-corrected chi connectivity index (χ1v) is 8.04. The fourth-order valence-electron chi connectivity index (χ4n) is 2.95. The summed E-state index contributed by atoms with van der Waals surface area (Å²) in [6, 6.07) is 9.26. The van der Waals surface area contributed by atoms with Gasteiger partial charge in [0, 0.05) is 17.5 Å². The highest BCUT2D eigenvalue weighted by Gasteiger charge is 2.20. The lowest BCUT2D eigenvalue weighted by Gasteiger charge is -2.21. The minimum absolute atomic E-state index is 0.240. The zero-order valence-electron chi connectivity index (χ0n) is 14.9. The van der Waals surface area contributed by atoms with Gasteiger partial charge in [-0.05, 0) is 23.8 Å². The van der Waals surface area contributed by atoms with Gasteiger partial charge >= 0.3 is 0 Å². The van der Waals surface area contributed by atoms with Crippen LogP contribution in [0.1, 0.15) is 16.7 Å². The zero-order valence-corrected chi connectivity index (χ0v) is 14.9. The van der Waals surface area contributed by atoms with Crippen LogP contribution in [0.3, 0.4) is 0 Å². The molecule has 2 aromatic carbocycles. The van der Waals surface area contributed by atoms with Crippen molar-refractivity contribution in [2.24, 2.45) is 5.16 Å². The molecule has 138 valence electrons. The predicted octanol–water partition coefficient (Wildman–Crippen LogP) is 3.00. The Balaban J connectivity index is 1.98. The maximum Gasteiger partial charge on any atom is 0.203 e. The van der Waals surface area contributed by atoms with E-state index < -0.39 is 0 Å². The van der Waals surface area contributed by atoms with Crippen molar-refractivity contribution >= 4 is 5.71 Å². The van der Waals surface area contributed by atoms with E-state index in [9.17, 15) is 5.21 Å². The van der Waals surface area contributed by atoms with Crippen molar-refractivity contribution in [3.8, 4) is 23.0 Å². The lowest BCUT2D eigenvalue weighted by molar-refractivity contribution is -0.0167. The van der Waals surface area contributed by atoms with Crippen LogP contribution in [-0.2, 0) is 17.8 Å². The number of ether oxygens (including phenoxy) is 5. The smallest absolute Gasteiger partial charge is 0.203 e. The molecule has 0 fully saturated rings. The summed E-state index contributed by atoms with van der Waals surface area (Å²) < 4.78 is 27.0. The molecule has 2 aromatic rings. The van der Waals surface area contributed by atoms with Gasteiger partial charge in [0.15, 0.2) is 18.3 Å². The summed E-state index contributed by atoms with van der Waals surface area (Å²) in [5.74, 6) is 2.25. The van der Waals surface area contributed by atoms with Crippen LogP contribution in [0.5, 0.6) is 23.0 Å². The molecule has 0 atom stereocenters. The van der Waals surface area contributed by atoms with Crippen molar-refractivity contribution in [2.45, 2.75) is 13.0 Å². The number of hydrogen-bond donors (Lipinski definition) is 1. The van der Waals surface area contributed by atoms with Crippen LogP contribution in [0.2, 0.25) is 0 Å². The summed E-state index contributed by atoms with van der Waals surface area (Å²) in [7, 11) is 4.62. The Kier molecular flexibility index (Phi) is 5.48. The van der Waals surface area contributed by atoms with Gasteiger partial charge in [-0.1, -0.05) is 17.3 Å². The van der Waals surface area contributed by atoms with Crippen LogP contribution in [0, 0.1) is 0 Å². The molecule has 0 unspecified atom stereocenters. The van der Waals surface area contributed by atoms with E-state index in [2.05, 4.69) is 5.16 Å². The van der Waals surface area contributed by atoms with Crippen molar-refractivity contribution in [1.82, 2.24) is 0 Å². The van der Waals surface area contributed by atoms with E-state index in [1.165, 1.54) is 7.11 Å². The van der Waals surface area contributed by atoms with Gasteiger partial charge in [-0.3, -0.25) is 0 Å². The number of benzene rings is 2. The highest BCUT2D eigenvalue weighted by Crippen LogP contribution is 2.38. The molecule has 0 saturated carbocycles. The van der Waals surface area contributed by atoms with Crippen molar-refractivity contribution in [3.05, 3.63) is 47.0 Å². The van der Waals surface area contributed by atoms with Crippen LogP contribution >= 0.6 is 0 Å². The second kappa shape index (κ2) is 7.97. The second-order valence-electron chi connectivity index (χ2n) is 5.64. The van der Waals surface area contributed by atoms with Gasteiger partial charge in [0.25, 0.3) is 0 Å². The van der Waals surface area contributed by atoms with E-state index >= 15 is 0 Å². The van der Waals surface area contributed by atoms with E-state index in [-0.39, 0.29) is 6.79 Å². The van der Waals surface area contributed by atoms with Crippen molar-refractivity contribution < 1.29 is 28.9 Å². The first kappa shape index (κ1) is 17.9. The SMILES string of the molecule is COc1cc(C(Cc2cccc3c2COCO3)=NO)cc(OC)c1OC. The maximum absolute atomic E-state index is 9.61. The van der Waals surface area contributed by atoms with Gasteiger partial charge in [-0.2, -0.15) is 0 Å². The average Bonchev–Trinajstić information content (AvgIpc) is 2.70. The molecule has 0 amide bonds. The van der Waals surface area contributed by atoms with E-state index in [0.717, 1.165) is 16.9 Å². The lowest BCUT2D eigenvalue weighted by Crippen LogP contribution is -2.15. The van der Waals surface area contributed by atoms with Crippen LogP contribution in [0.15, 0.2) is 35.5 Å². The molecule has 0 aromatic heterocycles. The van der Waals surface area contributed by atoms with Gasteiger partial charge in [0.2, 0.25) is 5.75 Å². The van der Waals surface area contributed by atoms with Crippen molar-refractivity contribution in [1.29, 1.82) is 0 Å². The minimum atomic E-state index is 0.240. The van der Waals surface area contributed by atoms with Gasteiger partial charge in [-0.15, -0.1) is 0 Å². The highest BCUT2D eigenvalue weighted by molar-refractivity contribution is 6.02. The Morgan fingerprint density at radius 1 is 1.12 bits per heavy atom. The van der Waals surface area contributed by atoms with E-state index in [1.807, 2.05) is 18.2 Å². The summed E-state index contributed by atoms with van der Waals surface area (Å²) in [5, 5.41) is 13.1. The van der Waals surface area contributed by atoms with Gasteiger partial charge < -0.3 is 28.9 Å². The molecular formula is C19H21NO6. The third-order valence-corrected chi connectivity index (χ3v) is 4.25. The lowest BCUT2D eigenvalue weighted by atomic mass is 9.97.